The zero-order valence-electron chi connectivity index (χ0n) is 11.9. The van der Waals surface area contributed by atoms with Crippen LogP contribution in [-0.2, 0) is 12.8 Å². The molecule has 1 aromatic carbocycles. The molecule has 4 rings (SSSR count). The highest BCUT2D eigenvalue weighted by molar-refractivity contribution is 7.99. The minimum absolute atomic E-state index is 0.285. The Labute approximate surface area is 128 Å². The van der Waals surface area contributed by atoms with Crippen molar-refractivity contribution in [2.75, 3.05) is 13.1 Å². The van der Waals surface area contributed by atoms with Gasteiger partial charge in [0.2, 0.25) is 5.89 Å². The number of hydrogen-bond donors (Lipinski definition) is 1. The third kappa shape index (κ3) is 2.85. The summed E-state index contributed by atoms with van der Waals surface area (Å²) in [5.41, 5.74) is 1.39. The molecule has 3 heterocycles. The first-order valence-corrected chi connectivity index (χ1v) is 8.54. The Morgan fingerprint density at radius 1 is 1.33 bits per heavy atom. The molecule has 21 heavy (non-hydrogen) atoms. The van der Waals surface area contributed by atoms with Crippen molar-refractivity contribution in [3.63, 3.8) is 0 Å². The predicted molar refractivity (Wildman–Crippen MR) is 82.3 cm³/mol. The van der Waals surface area contributed by atoms with Gasteiger partial charge in [-0.25, -0.2) is 0 Å². The first-order chi connectivity index (χ1) is 10.4. The van der Waals surface area contributed by atoms with Gasteiger partial charge in [0, 0.05) is 11.3 Å². The Morgan fingerprint density at radius 2 is 2.29 bits per heavy atom. The van der Waals surface area contributed by atoms with Gasteiger partial charge in [-0.3, -0.25) is 0 Å². The third-order valence-electron chi connectivity index (χ3n) is 4.28. The van der Waals surface area contributed by atoms with Gasteiger partial charge in [-0.1, -0.05) is 23.4 Å². The van der Waals surface area contributed by atoms with E-state index in [1.807, 2.05) is 11.8 Å². The fourth-order valence-electron chi connectivity index (χ4n) is 3.16. The minimum Gasteiger partial charge on any atom is -0.338 e. The van der Waals surface area contributed by atoms with E-state index < -0.39 is 0 Å². The van der Waals surface area contributed by atoms with E-state index in [0.29, 0.717) is 5.92 Å². The zero-order valence-corrected chi connectivity index (χ0v) is 12.7. The molecule has 2 aliphatic heterocycles. The molecule has 4 nitrogen and oxygen atoms in total. The molecule has 2 aromatic rings. The lowest BCUT2D eigenvalue weighted by Crippen LogP contribution is -2.31. The summed E-state index contributed by atoms with van der Waals surface area (Å²) in [6.45, 7) is 2.22. The summed E-state index contributed by atoms with van der Waals surface area (Å²) in [7, 11) is 0. The van der Waals surface area contributed by atoms with Crippen molar-refractivity contribution in [1.82, 2.24) is 15.5 Å². The van der Waals surface area contributed by atoms with E-state index in [4.69, 9.17) is 4.52 Å². The lowest BCUT2D eigenvalue weighted by atomic mass is 9.96. The van der Waals surface area contributed by atoms with Gasteiger partial charge < -0.3 is 9.84 Å². The normalized spacial score (nSPS) is 25.0. The number of fused-ring (bicyclic) bond motifs is 1. The van der Waals surface area contributed by atoms with Crippen LogP contribution in [0, 0.1) is 5.92 Å². The van der Waals surface area contributed by atoms with E-state index in [1.54, 1.807) is 0 Å². The molecule has 0 bridgehead atoms. The van der Waals surface area contributed by atoms with Crippen molar-refractivity contribution < 1.29 is 4.52 Å². The first-order valence-electron chi connectivity index (χ1n) is 7.66. The van der Waals surface area contributed by atoms with Crippen LogP contribution in [0.3, 0.4) is 0 Å². The maximum atomic E-state index is 5.52. The van der Waals surface area contributed by atoms with Gasteiger partial charge in [0.15, 0.2) is 5.82 Å². The molecule has 2 atom stereocenters. The standard InChI is InChI=1S/C16H19N3OS/c1-2-6-13-12(5-1)9-14(21-13)16-18-15(19-20-16)8-11-4-3-7-17-10-11/h1-2,5-6,11,14,17H,3-4,7-10H2. The van der Waals surface area contributed by atoms with Crippen LogP contribution in [0.5, 0.6) is 0 Å². The molecular weight excluding hydrogens is 282 g/mol. The number of nitrogens with zero attached hydrogens (tertiary/aromatic N) is 2. The van der Waals surface area contributed by atoms with Crippen LogP contribution in [0.2, 0.25) is 0 Å². The van der Waals surface area contributed by atoms with Crippen LogP contribution in [0.15, 0.2) is 33.7 Å². The molecule has 2 unspecified atom stereocenters. The van der Waals surface area contributed by atoms with Crippen LogP contribution in [-0.4, -0.2) is 23.2 Å². The largest absolute Gasteiger partial charge is 0.338 e. The Morgan fingerprint density at radius 3 is 3.14 bits per heavy atom. The summed E-state index contributed by atoms with van der Waals surface area (Å²) < 4.78 is 5.52. The van der Waals surface area contributed by atoms with E-state index >= 15 is 0 Å². The molecule has 1 N–H and O–H groups in total. The van der Waals surface area contributed by atoms with Crippen LogP contribution in [0.1, 0.15) is 35.4 Å². The van der Waals surface area contributed by atoms with Crippen molar-refractivity contribution >= 4 is 11.8 Å². The number of hydrogen-bond acceptors (Lipinski definition) is 5. The van der Waals surface area contributed by atoms with Crippen LogP contribution in [0.25, 0.3) is 0 Å². The molecule has 1 aromatic heterocycles. The third-order valence-corrected chi connectivity index (χ3v) is 5.58. The molecular formula is C16H19N3OS. The summed E-state index contributed by atoms with van der Waals surface area (Å²) in [5, 5.41) is 7.91. The monoisotopic (exact) mass is 301 g/mol. The Bertz CT molecular complexity index is 596. The number of thioether (sulfide) groups is 1. The number of aromatic nitrogens is 2. The molecule has 5 heteroatoms. The molecule has 110 valence electrons. The van der Waals surface area contributed by atoms with Crippen molar-refractivity contribution in [3.05, 3.63) is 41.5 Å². The average molecular weight is 301 g/mol. The highest BCUT2D eigenvalue weighted by atomic mass is 32.2. The second kappa shape index (κ2) is 5.81. The van der Waals surface area contributed by atoms with E-state index in [1.165, 1.54) is 23.3 Å². The van der Waals surface area contributed by atoms with Crippen LogP contribution < -0.4 is 5.32 Å². The fraction of sp³-hybridized carbons (Fsp3) is 0.500. The van der Waals surface area contributed by atoms with Crippen molar-refractivity contribution in [2.24, 2.45) is 5.92 Å². The second-order valence-corrected chi connectivity index (χ2v) is 7.13. The van der Waals surface area contributed by atoms with Gasteiger partial charge in [0.1, 0.15) is 0 Å². The molecule has 1 fully saturated rings. The number of benzene rings is 1. The van der Waals surface area contributed by atoms with Gasteiger partial charge in [-0.05, 0) is 49.9 Å². The van der Waals surface area contributed by atoms with Gasteiger partial charge in [0.25, 0.3) is 0 Å². The van der Waals surface area contributed by atoms with Crippen molar-refractivity contribution in [3.8, 4) is 0 Å². The summed E-state index contributed by atoms with van der Waals surface area (Å²) in [6, 6.07) is 8.54. The molecule has 2 aliphatic rings. The Hall–Kier alpha value is -1.33. The molecule has 1 saturated heterocycles. The van der Waals surface area contributed by atoms with Gasteiger partial charge in [-0.15, -0.1) is 11.8 Å². The quantitative estimate of drug-likeness (QED) is 0.944. The average Bonchev–Trinajstić information content (AvgIpc) is 3.14. The molecule has 0 amide bonds. The fourth-order valence-corrected chi connectivity index (χ4v) is 4.38. The highest BCUT2D eigenvalue weighted by Crippen LogP contribution is 2.45. The number of piperidine rings is 1. The smallest absolute Gasteiger partial charge is 0.240 e. The summed E-state index contributed by atoms with van der Waals surface area (Å²) in [4.78, 5) is 5.99. The second-order valence-electron chi connectivity index (χ2n) is 5.88. The van der Waals surface area contributed by atoms with E-state index in [-0.39, 0.29) is 5.25 Å². The lowest BCUT2D eigenvalue weighted by Gasteiger charge is -2.20. The van der Waals surface area contributed by atoms with Gasteiger partial charge in [-0.2, -0.15) is 4.98 Å². The Balaban J connectivity index is 1.43. The summed E-state index contributed by atoms with van der Waals surface area (Å²) in [6.07, 6.45) is 4.44. The first kappa shape index (κ1) is 13.3. The van der Waals surface area contributed by atoms with Gasteiger partial charge >= 0.3 is 0 Å². The topological polar surface area (TPSA) is 51.0 Å². The molecule has 0 aliphatic carbocycles. The van der Waals surface area contributed by atoms with E-state index in [2.05, 4.69) is 39.7 Å². The molecule has 0 spiro atoms. The van der Waals surface area contributed by atoms with Crippen LogP contribution in [0.4, 0.5) is 0 Å². The minimum atomic E-state index is 0.285. The Kier molecular flexibility index (Phi) is 3.69. The number of nitrogens with one attached hydrogen (secondary N) is 1. The number of rotatable bonds is 3. The van der Waals surface area contributed by atoms with E-state index in [0.717, 1.165) is 37.6 Å². The SMILES string of the molecule is c1ccc2c(c1)CC(c1nc(CC3CCCNC3)no1)S2. The maximum absolute atomic E-state index is 5.52. The van der Waals surface area contributed by atoms with E-state index in [9.17, 15) is 0 Å². The van der Waals surface area contributed by atoms with Crippen molar-refractivity contribution in [1.29, 1.82) is 0 Å². The van der Waals surface area contributed by atoms with Crippen molar-refractivity contribution in [2.45, 2.75) is 35.8 Å². The predicted octanol–water partition coefficient (Wildman–Crippen LogP) is 3.00. The lowest BCUT2D eigenvalue weighted by molar-refractivity contribution is 0.349. The highest BCUT2D eigenvalue weighted by Gasteiger charge is 2.28. The molecule has 0 saturated carbocycles. The summed E-state index contributed by atoms with van der Waals surface area (Å²) >= 11 is 1.84. The van der Waals surface area contributed by atoms with Gasteiger partial charge in [0.05, 0.1) is 5.25 Å². The zero-order chi connectivity index (χ0) is 14.1. The van der Waals surface area contributed by atoms with Crippen LogP contribution >= 0.6 is 11.8 Å². The maximum Gasteiger partial charge on any atom is 0.240 e. The summed E-state index contributed by atoms with van der Waals surface area (Å²) in [5.74, 6) is 2.31. The molecule has 0 radical (unpaired) electrons.